The SMILES string of the molecule is CN(C)CC(O)c1ccc2c(c1)Cc1cc(C(O)CN(C)C)ccc1O2. The van der Waals surface area contributed by atoms with Gasteiger partial charge in [-0.05, 0) is 74.7 Å². The van der Waals surface area contributed by atoms with Crippen molar-refractivity contribution in [2.24, 2.45) is 0 Å². The van der Waals surface area contributed by atoms with Crippen LogP contribution in [0.5, 0.6) is 11.5 Å². The van der Waals surface area contributed by atoms with E-state index in [4.69, 9.17) is 4.74 Å². The number of rotatable bonds is 6. The maximum atomic E-state index is 10.4. The third kappa shape index (κ3) is 4.24. The van der Waals surface area contributed by atoms with E-state index in [-0.39, 0.29) is 0 Å². The van der Waals surface area contributed by atoms with Gasteiger partial charge in [-0.25, -0.2) is 0 Å². The third-order valence-electron chi connectivity index (χ3n) is 4.62. The number of nitrogens with zero attached hydrogens (tertiary/aromatic N) is 2. The average molecular weight is 356 g/mol. The fourth-order valence-corrected chi connectivity index (χ4v) is 3.31. The van der Waals surface area contributed by atoms with E-state index in [1.165, 1.54) is 0 Å². The van der Waals surface area contributed by atoms with Crippen LogP contribution in [0.25, 0.3) is 0 Å². The number of aliphatic hydroxyl groups excluding tert-OH is 2. The summed E-state index contributed by atoms with van der Waals surface area (Å²) >= 11 is 0. The van der Waals surface area contributed by atoms with Gasteiger partial charge in [-0.1, -0.05) is 12.1 Å². The van der Waals surface area contributed by atoms with Crippen LogP contribution in [-0.2, 0) is 6.42 Å². The van der Waals surface area contributed by atoms with Crippen molar-refractivity contribution in [3.8, 4) is 11.5 Å². The molecule has 0 aromatic heterocycles. The van der Waals surface area contributed by atoms with E-state index in [2.05, 4.69) is 0 Å². The number of ether oxygens (including phenoxy) is 1. The molecule has 5 nitrogen and oxygen atoms in total. The second-order valence-corrected chi connectivity index (χ2v) is 7.57. The highest BCUT2D eigenvalue weighted by molar-refractivity contribution is 5.52. The summed E-state index contributed by atoms with van der Waals surface area (Å²) < 4.78 is 6.02. The zero-order chi connectivity index (χ0) is 18.8. The van der Waals surface area contributed by atoms with Crippen molar-refractivity contribution in [2.45, 2.75) is 18.6 Å². The Morgan fingerprint density at radius 3 is 1.62 bits per heavy atom. The van der Waals surface area contributed by atoms with Crippen LogP contribution < -0.4 is 4.74 Å². The average Bonchev–Trinajstić information content (AvgIpc) is 2.57. The molecular weight excluding hydrogens is 328 g/mol. The zero-order valence-corrected chi connectivity index (χ0v) is 15.9. The van der Waals surface area contributed by atoms with E-state index in [9.17, 15) is 10.2 Å². The van der Waals surface area contributed by atoms with Crippen LogP contribution in [-0.4, -0.2) is 61.3 Å². The molecule has 2 unspecified atom stereocenters. The summed E-state index contributed by atoms with van der Waals surface area (Å²) in [7, 11) is 7.78. The summed E-state index contributed by atoms with van der Waals surface area (Å²) in [5.74, 6) is 1.67. The fraction of sp³-hybridized carbons (Fsp3) is 0.429. The lowest BCUT2D eigenvalue weighted by Crippen LogP contribution is -2.20. The van der Waals surface area contributed by atoms with Crippen molar-refractivity contribution in [1.29, 1.82) is 0 Å². The molecule has 26 heavy (non-hydrogen) atoms. The molecule has 5 heteroatoms. The molecule has 2 aromatic carbocycles. The first-order chi connectivity index (χ1) is 12.3. The Morgan fingerprint density at radius 1 is 0.808 bits per heavy atom. The quantitative estimate of drug-likeness (QED) is 0.711. The van der Waals surface area contributed by atoms with Crippen molar-refractivity contribution in [1.82, 2.24) is 9.80 Å². The Kier molecular flexibility index (Phi) is 5.63. The first kappa shape index (κ1) is 18.9. The smallest absolute Gasteiger partial charge is 0.130 e. The highest BCUT2D eigenvalue weighted by Crippen LogP contribution is 2.38. The summed E-state index contributed by atoms with van der Waals surface area (Å²) in [6.45, 7) is 1.16. The van der Waals surface area contributed by atoms with E-state index >= 15 is 0 Å². The number of fused-ring (bicyclic) bond motifs is 2. The highest BCUT2D eigenvalue weighted by atomic mass is 16.5. The van der Waals surface area contributed by atoms with Gasteiger partial charge in [-0.3, -0.25) is 0 Å². The van der Waals surface area contributed by atoms with Gasteiger partial charge < -0.3 is 24.7 Å². The number of hydrogen-bond donors (Lipinski definition) is 2. The number of likely N-dealkylation sites (N-methyl/N-ethyl adjacent to an activating group) is 2. The summed E-state index contributed by atoms with van der Waals surface area (Å²) in [5.41, 5.74) is 3.92. The summed E-state index contributed by atoms with van der Waals surface area (Å²) in [4.78, 5) is 3.93. The van der Waals surface area contributed by atoms with Gasteiger partial charge in [0.15, 0.2) is 0 Å². The van der Waals surface area contributed by atoms with Gasteiger partial charge in [-0.15, -0.1) is 0 Å². The van der Waals surface area contributed by atoms with E-state index < -0.39 is 12.2 Å². The van der Waals surface area contributed by atoms with Gasteiger partial charge in [0.2, 0.25) is 0 Å². The molecule has 0 bridgehead atoms. The predicted octanol–water partition coefficient (Wildman–Crippen LogP) is 2.57. The predicted molar refractivity (Wildman–Crippen MR) is 103 cm³/mol. The largest absolute Gasteiger partial charge is 0.457 e. The van der Waals surface area contributed by atoms with Crippen LogP contribution in [0.4, 0.5) is 0 Å². The lowest BCUT2D eigenvalue weighted by Gasteiger charge is -2.24. The van der Waals surface area contributed by atoms with Crippen molar-refractivity contribution < 1.29 is 14.9 Å². The number of aliphatic hydroxyl groups is 2. The minimum absolute atomic E-state index is 0.523. The Hall–Kier alpha value is -1.92. The van der Waals surface area contributed by atoms with Gasteiger partial charge in [0, 0.05) is 19.5 Å². The molecule has 0 amide bonds. The third-order valence-corrected chi connectivity index (χ3v) is 4.62. The van der Waals surface area contributed by atoms with Crippen molar-refractivity contribution in [3.05, 3.63) is 58.7 Å². The topological polar surface area (TPSA) is 56.2 Å². The normalized spacial score (nSPS) is 15.4. The minimum Gasteiger partial charge on any atom is -0.457 e. The van der Waals surface area contributed by atoms with Crippen molar-refractivity contribution in [3.63, 3.8) is 0 Å². The van der Waals surface area contributed by atoms with Crippen LogP contribution in [0, 0.1) is 0 Å². The fourth-order valence-electron chi connectivity index (χ4n) is 3.31. The molecule has 0 spiro atoms. The van der Waals surface area contributed by atoms with E-state index in [0.29, 0.717) is 13.1 Å². The molecule has 0 saturated carbocycles. The van der Waals surface area contributed by atoms with Gasteiger partial charge >= 0.3 is 0 Å². The lowest BCUT2D eigenvalue weighted by molar-refractivity contribution is 0.138. The zero-order valence-electron chi connectivity index (χ0n) is 15.9. The Morgan fingerprint density at radius 2 is 1.23 bits per heavy atom. The summed E-state index contributed by atoms with van der Waals surface area (Å²) in [6.07, 6.45) is -0.315. The molecule has 1 heterocycles. The molecule has 2 atom stereocenters. The molecular formula is C21H28N2O3. The molecule has 1 aliphatic heterocycles. The number of hydrogen-bond acceptors (Lipinski definition) is 5. The van der Waals surface area contributed by atoms with E-state index in [1.807, 2.05) is 74.4 Å². The van der Waals surface area contributed by atoms with Gasteiger partial charge in [-0.2, -0.15) is 0 Å². The maximum Gasteiger partial charge on any atom is 0.130 e. The lowest BCUT2D eigenvalue weighted by atomic mass is 9.94. The summed E-state index contributed by atoms with van der Waals surface area (Å²) in [5, 5.41) is 20.7. The molecule has 140 valence electrons. The summed E-state index contributed by atoms with van der Waals surface area (Å²) in [6, 6.07) is 11.8. The molecule has 2 aromatic rings. The molecule has 0 saturated heterocycles. The maximum absolute atomic E-state index is 10.4. The molecule has 0 fully saturated rings. The van der Waals surface area contributed by atoms with Gasteiger partial charge in [0.05, 0.1) is 12.2 Å². The molecule has 1 aliphatic rings. The minimum atomic E-state index is -0.523. The first-order valence-corrected chi connectivity index (χ1v) is 8.92. The van der Waals surface area contributed by atoms with Gasteiger partial charge in [0.1, 0.15) is 11.5 Å². The van der Waals surface area contributed by atoms with Crippen LogP contribution in [0.15, 0.2) is 36.4 Å². The molecule has 0 aliphatic carbocycles. The van der Waals surface area contributed by atoms with Gasteiger partial charge in [0.25, 0.3) is 0 Å². The van der Waals surface area contributed by atoms with Crippen LogP contribution in [0.3, 0.4) is 0 Å². The Bertz CT molecular complexity index is 710. The Balaban J connectivity index is 1.83. The van der Waals surface area contributed by atoms with Crippen molar-refractivity contribution in [2.75, 3.05) is 41.3 Å². The van der Waals surface area contributed by atoms with Crippen LogP contribution in [0.1, 0.15) is 34.5 Å². The molecule has 0 radical (unpaired) electrons. The first-order valence-electron chi connectivity index (χ1n) is 8.92. The van der Waals surface area contributed by atoms with Crippen LogP contribution >= 0.6 is 0 Å². The second kappa shape index (κ2) is 7.76. The van der Waals surface area contributed by atoms with Crippen LogP contribution in [0.2, 0.25) is 0 Å². The monoisotopic (exact) mass is 356 g/mol. The second-order valence-electron chi connectivity index (χ2n) is 7.57. The van der Waals surface area contributed by atoms with E-state index in [1.54, 1.807) is 0 Å². The molecule has 3 rings (SSSR count). The number of benzene rings is 2. The van der Waals surface area contributed by atoms with Crippen molar-refractivity contribution >= 4 is 0 Å². The Labute approximate surface area is 155 Å². The standard InChI is InChI=1S/C21H28N2O3/c1-22(2)12-18(24)14-5-7-20-16(9-14)11-17-10-15(6-8-21(17)26-20)19(25)13-23(3)4/h5-10,18-19,24-25H,11-13H2,1-4H3. The highest BCUT2D eigenvalue weighted by Gasteiger charge is 2.21. The molecule has 2 N–H and O–H groups in total. The van der Waals surface area contributed by atoms with E-state index in [0.717, 1.165) is 40.2 Å².